The fourth-order valence-corrected chi connectivity index (χ4v) is 2.73. The normalized spacial score (nSPS) is 14.9. The predicted octanol–water partition coefficient (Wildman–Crippen LogP) is 2.29. The predicted molar refractivity (Wildman–Crippen MR) is 84.2 cm³/mol. The number of ether oxygens (including phenoxy) is 2. The second kappa shape index (κ2) is 7.04. The van der Waals surface area contributed by atoms with E-state index >= 15 is 0 Å². The van der Waals surface area contributed by atoms with Crippen LogP contribution in [0.4, 0.5) is 5.82 Å². The summed E-state index contributed by atoms with van der Waals surface area (Å²) >= 11 is 6.88. The molecule has 0 bridgehead atoms. The van der Waals surface area contributed by atoms with Crippen molar-refractivity contribution < 1.29 is 14.3 Å². The van der Waals surface area contributed by atoms with Crippen molar-refractivity contribution in [3.63, 3.8) is 0 Å². The van der Waals surface area contributed by atoms with Crippen molar-refractivity contribution in [3.05, 3.63) is 34.9 Å². The number of morpholine rings is 1. The van der Waals surface area contributed by atoms with E-state index in [1.165, 1.54) is 0 Å². The van der Waals surface area contributed by atoms with Crippen molar-refractivity contribution in [3.8, 4) is 5.88 Å². The first kappa shape index (κ1) is 15.2. The third-order valence-corrected chi connectivity index (χ3v) is 4.01. The average molecular weight is 340 g/mol. The Morgan fingerprint density at radius 2 is 2.00 bits per heavy atom. The van der Waals surface area contributed by atoms with E-state index in [1.807, 2.05) is 0 Å². The quantitative estimate of drug-likeness (QED) is 0.779. The zero-order chi connectivity index (χ0) is 15.4. The Hall–Kier alpha value is -1.70. The largest absolute Gasteiger partial charge is 0.466 e. The molecular formula is C14H14ClN3O3S. The van der Waals surface area contributed by atoms with Gasteiger partial charge in [-0.3, -0.25) is 4.79 Å². The molecule has 1 saturated heterocycles. The second-order valence-corrected chi connectivity index (χ2v) is 5.68. The van der Waals surface area contributed by atoms with Crippen molar-refractivity contribution in [1.29, 1.82) is 0 Å². The number of hydrogen-bond donors (Lipinski definition) is 0. The lowest BCUT2D eigenvalue weighted by molar-refractivity contribution is 0.0917. The van der Waals surface area contributed by atoms with E-state index in [-0.39, 0.29) is 12.4 Å². The Morgan fingerprint density at radius 1 is 1.27 bits per heavy atom. The Morgan fingerprint density at radius 3 is 2.73 bits per heavy atom. The summed E-state index contributed by atoms with van der Waals surface area (Å²) in [5, 5.41) is 0.593. The van der Waals surface area contributed by atoms with Crippen LogP contribution < -0.4 is 9.64 Å². The van der Waals surface area contributed by atoms with E-state index in [9.17, 15) is 4.79 Å². The molecule has 0 amide bonds. The van der Waals surface area contributed by atoms with Crippen molar-refractivity contribution in [2.45, 2.75) is 0 Å². The molecule has 116 valence electrons. The maximum absolute atomic E-state index is 12.1. The van der Waals surface area contributed by atoms with Gasteiger partial charge in [-0.05, 0) is 24.3 Å². The molecule has 6 nitrogen and oxygen atoms in total. The van der Waals surface area contributed by atoms with Crippen LogP contribution >= 0.6 is 23.3 Å². The van der Waals surface area contributed by atoms with Gasteiger partial charge in [-0.2, -0.15) is 4.37 Å². The highest BCUT2D eigenvalue weighted by Crippen LogP contribution is 2.26. The molecular weight excluding hydrogens is 326 g/mol. The monoisotopic (exact) mass is 339 g/mol. The van der Waals surface area contributed by atoms with Gasteiger partial charge in [-0.25, -0.2) is 0 Å². The highest BCUT2D eigenvalue weighted by molar-refractivity contribution is 6.99. The highest BCUT2D eigenvalue weighted by atomic mass is 35.5. The Labute approximate surface area is 136 Å². The van der Waals surface area contributed by atoms with Crippen molar-refractivity contribution >= 4 is 34.9 Å². The summed E-state index contributed by atoms with van der Waals surface area (Å²) in [7, 11) is 0. The lowest BCUT2D eigenvalue weighted by Gasteiger charge is -2.26. The third kappa shape index (κ3) is 3.55. The summed E-state index contributed by atoms with van der Waals surface area (Å²) in [6.07, 6.45) is 0. The zero-order valence-corrected chi connectivity index (χ0v) is 13.3. The first-order chi connectivity index (χ1) is 10.7. The number of aromatic nitrogens is 2. The van der Waals surface area contributed by atoms with Crippen LogP contribution in [-0.2, 0) is 4.74 Å². The number of carbonyl (C=O) groups excluding carboxylic acids is 1. The van der Waals surface area contributed by atoms with Crippen LogP contribution in [0.3, 0.4) is 0 Å². The number of anilines is 1. The van der Waals surface area contributed by atoms with E-state index in [1.54, 1.807) is 24.3 Å². The maximum Gasteiger partial charge on any atom is 0.271 e. The molecule has 1 aliphatic rings. The summed E-state index contributed by atoms with van der Waals surface area (Å²) in [5.74, 6) is 0.948. The molecule has 1 fully saturated rings. The standard InChI is InChI=1S/C14H14ClN3O3S/c15-11-3-1-10(2-4-11)12(19)9-21-14-13(16-22-17-14)18-5-7-20-8-6-18/h1-4H,5-9H2. The molecule has 2 heterocycles. The van der Waals surface area contributed by atoms with Gasteiger partial charge in [0.15, 0.2) is 12.4 Å². The van der Waals surface area contributed by atoms with Crippen molar-refractivity contribution in [1.82, 2.24) is 8.75 Å². The van der Waals surface area contributed by atoms with Crippen molar-refractivity contribution in [2.75, 3.05) is 37.8 Å². The smallest absolute Gasteiger partial charge is 0.271 e. The van der Waals surface area contributed by atoms with Gasteiger partial charge in [0.05, 0.1) is 24.9 Å². The first-order valence-electron chi connectivity index (χ1n) is 6.81. The molecule has 0 aliphatic carbocycles. The maximum atomic E-state index is 12.1. The number of halogens is 1. The summed E-state index contributed by atoms with van der Waals surface area (Å²) < 4.78 is 19.2. The first-order valence-corrected chi connectivity index (χ1v) is 7.91. The number of rotatable bonds is 5. The minimum atomic E-state index is -0.127. The lowest BCUT2D eigenvalue weighted by atomic mass is 10.1. The summed E-state index contributed by atoms with van der Waals surface area (Å²) in [6, 6.07) is 6.71. The molecule has 3 rings (SSSR count). The summed E-state index contributed by atoms with van der Waals surface area (Å²) in [5.41, 5.74) is 0.556. The second-order valence-electron chi connectivity index (χ2n) is 4.71. The Bertz CT molecular complexity index is 641. The van der Waals surface area contributed by atoms with Crippen LogP contribution in [0.2, 0.25) is 5.02 Å². The highest BCUT2D eigenvalue weighted by Gasteiger charge is 2.20. The van der Waals surface area contributed by atoms with E-state index in [0.717, 1.165) is 24.8 Å². The molecule has 0 atom stereocenters. The lowest BCUT2D eigenvalue weighted by Crippen LogP contribution is -2.36. The topological polar surface area (TPSA) is 64.5 Å². The average Bonchev–Trinajstić information content (AvgIpc) is 3.02. The van der Waals surface area contributed by atoms with Gasteiger partial charge in [0.25, 0.3) is 5.88 Å². The van der Waals surface area contributed by atoms with E-state index < -0.39 is 0 Å². The minimum Gasteiger partial charge on any atom is -0.466 e. The van der Waals surface area contributed by atoms with E-state index in [2.05, 4.69) is 13.6 Å². The molecule has 1 aromatic heterocycles. The van der Waals surface area contributed by atoms with Crippen LogP contribution in [-0.4, -0.2) is 47.4 Å². The van der Waals surface area contributed by atoms with Crippen LogP contribution in [0.5, 0.6) is 5.88 Å². The van der Waals surface area contributed by atoms with Crippen LogP contribution in [0.1, 0.15) is 10.4 Å². The van der Waals surface area contributed by atoms with Gasteiger partial charge in [-0.1, -0.05) is 11.6 Å². The fraction of sp³-hybridized carbons (Fsp3) is 0.357. The molecule has 0 radical (unpaired) electrons. The molecule has 8 heteroatoms. The number of carbonyl (C=O) groups is 1. The minimum absolute atomic E-state index is 0.0790. The van der Waals surface area contributed by atoms with E-state index in [0.29, 0.717) is 35.5 Å². The fourth-order valence-electron chi connectivity index (χ4n) is 2.09. The molecule has 1 aliphatic heterocycles. The molecule has 0 saturated carbocycles. The van der Waals surface area contributed by atoms with Gasteiger partial charge in [0, 0.05) is 23.7 Å². The number of benzene rings is 1. The SMILES string of the molecule is O=C(COc1nsnc1N1CCOCC1)c1ccc(Cl)cc1. The Kier molecular flexibility index (Phi) is 4.87. The number of hydrogen-bond acceptors (Lipinski definition) is 7. The third-order valence-electron chi connectivity index (χ3n) is 3.26. The number of nitrogens with zero attached hydrogens (tertiary/aromatic N) is 3. The van der Waals surface area contributed by atoms with Gasteiger partial charge in [0.1, 0.15) is 0 Å². The van der Waals surface area contributed by atoms with Crippen molar-refractivity contribution in [2.24, 2.45) is 0 Å². The van der Waals surface area contributed by atoms with E-state index in [4.69, 9.17) is 21.1 Å². The van der Waals surface area contributed by atoms with Gasteiger partial charge in [-0.15, -0.1) is 4.37 Å². The van der Waals surface area contributed by atoms with Crippen LogP contribution in [0.25, 0.3) is 0 Å². The molecule has 1 aromatic carbocycles. The molecule has 2 aromatic rings. The number of Topliss-reactive ketones (excluding diaryl/α,β-unsaturated/α-hetero) is 1. The van der Waals surface area contributed by atoms with Crippen LogP contribution in [0.15, 0.2) is 24.3 Å². The molecule has 0 N–H and O–H groups in total. The van der Waals surface area contributed by atoms with Crippen LogP contribution in [0, 0.1) is 0 Å². The zero-order valence-electron chi connectivity index (χ0n) is 11.7. The Balaban J connectivity index is 1.63. The molecule has 22 heavy (non-hydrogen) atoms. The van der Waals surface area contributed by atoms with Gasteiger partial charge in [0.2, 0.25) is 5.82 Å². The van der Waals surface area contributed by atoms with Gasteiger partial charge >= 0.3 is 0 Å². The summed E-state index contributed by atoms with van der Waals surface area (Å²) in [6.45, 7) is 2.71. The number of ketones is 1. The van der Waals surface area contributed by atoms with Gasteiger partial charge < -0.3 is 14.4 Å². The molecule has 0 spiro atoms. The summed E-state index contributed by atoms with van der Waals surface area (Å²) in [4.78, 5) is 14.1. The molecule has 0 unspecified atom stereocenters.